The highest BCUT2D eigenvalue weighted by atomic mass is 16.1. The zero-order valence-electron chi connectivity index (χ0n) is 15.8. The fraction of sp³-hybridized carbons (Fsp3) is 0.167. The molecule has 1 aliphatic carbocycles. The number of amides is 1. The van der Waals surface area contributed by atoms with Gasteiger partial charge in [0, 0.05) is 27.2 Å². The van der Waals surface area contributed by atoms with Gasteiger partial charge in [-0.05, 0) is 48.6 Å². The zero-order chi connectivity index (χ0) is 19.4. The third kappa shape index (κ3) is 2.54. The average molecular weight is 380 g/mol. The van der Waals surface area contributed by atoms with Crippen molar-refractivity contribution < 1.29 is 4.79 Å². The lowest BCUT2D eigenvalue weighted by Crippen LogP contribution is -2.30. The van der Waals surface area contributed by atoms with E-state index in [0.717, 1.165) is 52.0 Å². The molecule has 0 aliphatic heterocycles. The molecule has 0 saturated heterocycles. The van der Waals surface area contributed by atoms with Crippen molar-refractivity contribution >= 4 is 38.6 Å². The first kappa shape index (κ1) is 16.4. The highest BCUT2D eigenvalue weighted by Crippen LogP contribution is 2.32. The lowest BCUT2D eigenvalue weighted by atomic mass is 9.87. The smallest absolute Gasteiger partial charge is 0.251 e. The van der Waals surface area contributed by atoms with Crippen LogP contribution in [0.5, 0.6) is 0 Å². The number of rotatable bonds is 2. The van der Waals surface area contributed by atoms with Crippen LogP contribution >= 0.6 is 0 Å². The molecule has 1 unspecified atom stereocenters. The van der Waals surface area contributed by atoms with Crippen LogP contribution in [0.3, 0.4) is 0 Å². The van der Waals surface area contributed by atoms with Crippen LogP contribution in [0, 0.1) is 0 Å². The van der Waals surface area contributed by atoms with Crippen molar-refractivity contribution in [2.75, 3.05) is 0 Å². The van der Waals surface area contributed by atoms with Gasteiger partial charge in [0.15, 0.2) is 0 Å². The van der Waals surface area contributed by atoms with Crippen LogP contribution in [0.4, 0.5) is 0 Å². The molecule has 5 heteroatoms. The Labute approximate surface area is 167 Å². The van der Waals surface area contributed by atoms with Gasteiger partial charge in [-0.15, -0.1) is 0 Å². The van der Waals surface area contributed by atoms with E-state index in [4.69, 9.17) is 0 Å². The minimum atomic E-state index is -0.0226. The second-order valence-electron chi connectivity index (χ2n) is 7.82. The molecule has 1 amide bonds. The number of hydrogen-bond acceptors (Lipinski definition) is 2. The monoisotopic (exact) mass is 380 g/mol. The Kier molecular flexibility index (Phi) is 3.50. The SMILES string of the molecule is O=C(NC1CCCc2ccccc21)c1ccc2[nH]c3c(ccc4cn[nH]c43)c2c1. The molecule has 3 aromatic carbocycles. The second kappa shape index (κ2) is 6.21. The zero-order valence-corrected chi connectivity index (χ0v) is 15.8. The minimum absolute atomic E-state index is 0.0226. The molecule has 5 nitrogen and oxygen atoms in total. The van der Waals surface area contributed by atoms with Crippen LogP contribution in [0.15, 0.2) is 60.8 Å². The number of aryl methyl sites for hydroxylation is 1. The summed E-state index contributed by atoms with van der Waals surface area (Å²) < 4.78 is 0. The predicted octanol–water partition coefficient (Wildman–Crippen LogP) is 5.00. The van der Waals surface area contributed by atoms with E-state index in [2.05, 4.69) is 56.9 Å². The summed E-state index contributed by atoms with van der Waals surface area (Å²) in [6.45, 7) is 0. The van der Waals surface area contributed by atoms with E-state index in [1.807, 2.05) is 24.4 Å². The number of hydrogen-bond donors (Lipinski definition) is 3. The Balaban J connectivity index is 1.39. The summed E-state index contributed by atoms with van der Waals surface area (Å²) in [4.78, 5) is 16.5. The van der Waals surface area contributed by atoms with Crippen molar-refractivity contribution in [3.63, 3.8) is 0 Å². The van der Waals surface area contributed by atoms with E-state index >= 15 is 0 Å². The van der Waals surface area contributed by atoms with Gasteiger partial charge >= 0.3 is 0 Å². The highest BCUT2D eigenvalue weighted by Gasteiger charge is 2.22. The number of fused-ring (bicyclic) bond motifs is 6. The van der Waals surface area contributed by atoms with Crippen molar-refractivity contribution in [3.05, 3.63) is 77.5 Å². The Hall–Kier alpha value is -3.60. The molecule has 5 aromatic rings. The molecule has 2 heterocycles. The standard InChI is InChI=1S/C24H20N4O/c29-24(27-20-7-3-5-14-4-1-2-6-17(14)20)15-9-11-21-19(12-15)18-10-8-16-13-25-28-22(16)23(18)26-21/h1-2,4,6,8-13,20,26H,3,5,7H2,(H,25,28)(H,27,29). The maximum absolute atomic E-state index is 13.1. The normalized spacial score (nSPS) is 16.3. The topological polar surface area (TPSA) is 73.6 Å². The molecular weight excluding hydrogens is 360 g/mol. The van der Waals surface area contributed by atoms with Crippen LogP contribution in [0.25, 0.3) is 32.7 Å². The highest BCUT2D eigenvalue weighted by molar-refractivity contribution is 6.16. The Bertz CT molecular complexity index is 1390. The lowest BCUT2D eigenvalue weighted by Gasteiger charge is -2.26. The first-order valence-corrected chi connectivity index (χ1v) is 10.0. The molecule has 0 radical (unpaired) electrons. The third-order valence-corrected chi connectivity index (χ3v) is 6.12. The average Bonchev–Trinajstić information content (AvgIpc) is 3.37. The first-order chi connectivity index (χ1) is 14.3. The maximum atomic E-state index is 13.1. The summed E-state index contributed by atoms with van der Waals surface area (Å²) in [6.07, 6.45) is 4.99. The summed E-state index contributed by atoms with van der Waals surface area (Å²) in [7, 11) is 0. The number of aromatic amines is 2. The number of aromatic nitrogens is 3. The molecule has 1 aliphatic rings. The summed E-state index contributed by atoms with van der Waals surface area (Å²) in [5, 5.41) is 13.7. The largest absolute Gasteiger partial charge is 0.353 e. The minimum Gasteiger partial charge on any atom is -0.353 e. The molecule has 29 heavy (non-hydrogen) atoms. The van der Waals surface area contributed by atoms with Gasteiger partial charge in [-0.1, -0.05) is 36.4 Å². The summed E-state index contributed by atoms with van der Waals surface area (Å²) >= 11 is 0. The predicted molar refractivity (Wildman–Crippen MR) is 115 cm³/mol. The van der Waals surface area contributed by atoms with Crippen LogP contribution < -0.4 is 5.32 Å². The van der Waals surface area contributed by atoms with E-state index in [0.29, 0.717) is 5.56 Å². The third-order valence-electron chi connectivity index (χ3n) is 6.12. The molecule has 3 N–H and O–H groups in total. The van der Waals surface area contributed by atoms with E-state index in [-0.39, 0.29) is 11.9 Å². The molecule has 0 bridgehead atoms. The van der Waals surface area contributed by atoms with Crippen LogP contribution in [-0.4, -0.2) is 21.1 Å². The van der Waals surface area contributed by atoms with Crippen LogP contribution in [-0.2, 0) is 6.42 Å². The lowest BCUT2D eigenvalue weighted by molar-refractivity contribution is 0.0933. The number of nitrogens with one attached hydrogen (secondary N) is 3. The summed E-state index contributed by atoms with van der Waals surface area (Å²) in [5.41, 5.74) is 6.31. The molecule has 142 valence electrons. The molecule has 2 aromatic heterocycles. The van der Waals surface area contributed by atoms with E-state index < -0.39 is 0 Å². The first-order valence-electron chi connectivity index (χ1n) is 10.0. The molecule has 1 atom stereocenters. The van der Waals surface area contributed by atoms with Gasteiger partial charge in [-0.2, -0.15) is 5.10 Å². The molecule has 0 spiro atoms. The molecular formula is C24H20N4O. The second-order valence-corrected chi connectivity index (χ2v) is 7.82. The fourth-order valence-corrected chi connectivity index (χ4v) is 4.66. The maximum Gasteiger partial charge on any atom is 0.251 e. The summed E-state index contributed by atoms with van der Waals surface area (Å²) in [6, 6.07) is 18.5. The molecule has 6 rings (SSSR count). The van der Waals surface area contributed by atoms with Gasteiger partial charge in [0.2, 0.25) is 0 Å². The number of carbonyl (C=O) groups excluding carboxylic acids is 1. The van der Waals surface area contributed by atoms with Crippen molar-refractivity contribution in [1.29, 1.82) is 0 Å². The molecule has 0 fully saturated rings. The van der Waals surface area contributed by atoms with E-state index in [1.54, 1.807) is 0 Å². The van der Waals surface area contributed by atoms with Gasteiger partial charge in [-0.3, -0.25) is 9.89 Å². The van der Waals surface area contributed by atoms with E-state index in [9.17, 15) is 4.79 Å². The number of benzene rings is 3. The Morgan fingerprint density at radius 3 is 2.93 bits per heavy atom. The Morgan fingerprint density at radius 2 is 1.97 bits per heavy atom. The van der Waals surface area contributed by atoms with E-state index in [1.165, 1.54) is 11.1 Å². The van der Waals surface area contributed by atoms with Crippen LogP contribution in [0.2, 0.25) is 0 Å². The van der Waals surface area contributed by atoms with Gasteiger partial charge in [0.1, 0.15) is 0 Å². The van der Waals surface area contributed by atoms with Crippen molar-refractivity contribution in [2.24, 2.45) is 0 Å². The van der Waals surface area contributed by atoms with Gasteiger partial charge < -0.3 is 10.3 Å². The van der Waals surface area contributed by atoms with Gasteiger partial charge in [0.05, 0.1) is 23.3 Å². The number of carbonyl (C=O) groups is 1. The van der Waals surface area contributed by atoms with Gasteiger partial charge in [0.25, 0.3) is 5.91 Å². The summed E-state index contributed by atoms with van der Waals surface area (Å²) in [5.74, 6) is -0.0226. The van der Waals surface area contributed by atoms with Gasteiger partial charge in [-0.25, -0.2) is 0 Å². The Morgan fingerprint density at radius 1 is 1.03 bits per heavy atom. The van der Waals surface area contributed by atoms with Crippen LogP contribution in [0.1, 0.15) is 40.4 Å². The fourth-order valence-electron chi connectivity index (χ4n) is 4.66. The van der Waals surface area contributed by atoms with Crippen molar-refractivity contribution in [3.8, 4) is 0 Å². The number of H-pyrrole nitrogens is 2. The molecule has 0 saturated carbocycles. The number of nitrogens with zero attached hydrogens (tertiary/aromatic N) is 1. The quantitative estimate of drug-likeness (QED) is 0.403. The van der Waals surface area contributed by atoms with Crippen molar-refractivity contribution in [1.82, 2.24) is 20.5 Å². The van der Waals surface area contributed by atoms with Crippen molar-refractivity contribution in [2.45, 2.75) is 25.3 Å².